The smallest absolute Gasteiger partial charge is 0.0729 e. The molecule has 86 valence electrons. The minimum atomic E-state index is 0.687. The molecule has 0 unspecified atom stereocenters. The summed E-state index contributed by atoms with van der Waals surface area (Å²) in [6, 6.07) is 4.18. The molecule has 0 atom stereocenters. The maximum atomic E-state index is 4.99. The largest absolute Gasteiger partial charge is 0.383 e. The lowest BCUT2D eigenvalue weighted by Crippen LogP contribution is -2.04. The van der Waals surface area contributed by atoms with Crippen molar-refractivity contribution >= 4 is 17.0 Å². The number of anilines is 1. The van der Waals surface area contributed by atoms with Crippen molar-refractivity contribution in [3.05, 3.63) is 34.8 Å². The van der Waals surface area contributed by atoms with E-state index in [4.69, 9.17) is 4.74 Å². The predicted octanol–water partition coefficient (Wildman–Crippen LogP) is 2.20. The summed E-state index contributed by atoms with van der Waals surface area (Å²) in [7, 11) is 1.69. The summed E-state index contributed by atoms with van der Waals surface area (Å²) < 4.78 is 6.87. The van der Waals surface area contributed by atoms with Crippen molar-refractivity contribution in [2.75, 3.05) is 19.0 Å². The van der Waals surface area contributed by atoms with Crippen LogP contribution in [0, 0.1) is 0 Å². The zero-order chi connectivity index (χ0) is 11.2. The first-order valence-corrected chi connectivity index (χ1v) is 6.04. The predicted molar refractivity (Wildman–Crippen MR) is 65.7 cm³/mol. The molecule has 0 aliphatic carbocycles. The molecule has 2 heterocycles. The summed E-state index contributed by atoms with van der Waals surface area (Å²) in [6.45, 7) is 2.33. The van der Waals surface area contributed by atoms with E-state index in [-0.39, 0.29) is 0 Å². The van der Waals surface area contributed by atoms with Crippen LogP contribution in [0.1, 0.15) is 4.88 Å². The van der Waals surface area contributed by atoms with Crippen LogP contribution in [0.4, 0.5) is 5.69 Å². The molecule has 0 radical (unpaired) electrons. The lowest BCUT2D eigenvalue weighted by Gasteiger charge is -2.00. The second-order valence-corrected chi connectivity index (χ2v) is 4.45. The molecule has 2 aromatic rings. The SMILES string of the molecule is COCCn1cc(NCc2cccs2)cn1. The third-order valence-electron chi connectivity index (χ3n) is 2.20. The first kappa shape index (κ1) is 11.2. The van der Waals surface area contributed by atoms with Gasteiger partial charge in [0, 0.05) is 24.7 Å². The fraction of sp³-hybridized carbons (Fsp3) is 0.364. The number of ether oxygens (including phenoxy) is 1. The lowest BCUT2D eigenvalue weighted by atomic mass is 10.4. The maximum absolute atomic E-state index is 4.99. The molecule has 5 heteroatoms. The van der Waals surface area contributed by atoms with Gasteiger partial charge >= 0.3 is 0 Å². The zero-order valence-electron chi connectivity index (χ0n) is 9.22. The monoisotopic (exact) mass is 237 g/mol. The van der Waals surface area contributed by atoms with Crippen LogP contribution in [0.2, 0.25) is 0 Å². The molecular formula is C11H15N3OS. The van der Waals surface area contributed by atoms with Gasteiger partial charge in [0.05, 0.1) is 25.0 Å². The summed E-state index contributed by atoms with van der Waals surface area (Å²) >= 11 is 1.75. The fourth-order valence-electron chi connectivity index (χ4n) is 1.36. The second kappa shape index (κ2) is 5.67. The van der Waals surface area contributed by atoms with Gasteiger partial charge in [-0.25, -0.2) is 0 Å². The third kappa shape index (κ3) is 3.08. The molecule has 2 aromatic heterocycles. The van der Waals surface area contributed by atoms with Gasteiger partial charge in [0.2, 0.25) is 0 Å². The van der Waals surface area contributed by atoms with E-state index in [1.165, 1.54) is 4.88 Å². The van der Waals surface area contributed by atoms with Crippen molar-refractivity contribution in [1.82, 2.24) is 9.78 Å². The van der Waals surface area contributed by atoms with E-state index in [1.807, 2.05) is 17.1 Å². The number of hydrogen-bond donors (Lipinski definition) is 1. The first-order chi connectivity index (χ1) is 7.88. The normalized spacial score (nSPS) is 10.6. The Morgan fingerprint density at radius 2 is 2.50 bits per heavy atom. The highest BCUT2D eigenvalue weighted by Gasteiger charge is 1.98. The summed E-state index contributed by atoms with van der Waals surface area (Å²) in [5.41, 5.74) is 1.05. The minimum absolute atomic E-state index is 0.687. The van der Waals surface area contributed by atoms with Crippen molar-refractivity contribution in [3.8, 4) is 0 Å². The van der Waals surface area contributed by atoms with Gasteiger partial charge in [-0.2, -0.15) is 5.10 Å². The Morgan fingerprint density at radius 3 is 3.25 bits per heavy atom. The van der Waals surface area contributed by atoms with Gasteiger partial charge in [-0.1, -0.05) is 6.07 Å². The highest BCUT2D eigenvalue weighted by Crippen LogP contribution is 2.12. The van der Waals surface area contributed by atoms with Crippen LogP contribution < -0.4 is 5.32 Å². The molecule has 0 bridgehead atoms. The number of nitrogens with one attached hydrogen (secondary N) is 1. The number of nitrogens with zero attached hydrogens (tertiary/aromatic N) is 2. The maximum Gasteiger partial charge on any atom is 0.0729 e. The standard InChI is InChI=1S/C11H15N3OS/c1-15-5-4-14-9-10(7-13-14)12-8-11-3-2-6-16-11/h2-3,6-7,9,12H,4-5,8H2,1H3. The fourth-order valence-corrected chi connectivity index (χ4v) is 2.01. The molecule has 0 spiro atoms. The van der Waals surface area contributed by atoms with Crippen molar-refractivity contribution in [3.63, 3.8) is 0 Å². The highest BCUT2D eigenvalue weighted by atomic mass is 32.1. The van der Waals surface area contributed by atoms with E-state index in [9.17, 15) is 0 Å². The Kier molecular flexibility index (Phi) is 3.96. The minimum Gasteiger partial charge on any atom is -0.383 e. The highest BCUT2D eigenvalue weighted by molar-refractivity contribution is 7.09. The quantitative estimate of drug-likeness (QED) is 0.837. The third-order valence-corrected chi connectivity index (χ3v) is 3.08. The number of methoxy groups -OCH3 is 1. The molecule has 0 fully saturated rings. The van der Waals surface area contributed by atoms with E-state index < -0.39 is 0 Å². The zero-order valence-corrected chi connectivity index (χ0v) is 10.0. The number of thiophene rings is 1. The van der Waals surface area contributed by atoms with Crippen LogP contribution in [-0.2, 0) is 17.8 Å². The molecule has 2 rings (SSSR count). The Hall–Kier alpha value is -1.33. The van der Waals surface area contributed by atoms with Crippen LogP contribution in [0.3, 0.4) is 0 Å². The molecule has 0 aliphatic heterocycles. The molecule has 0 aliphatic rings. The van der Waals surface area contributed by atoms with Crippen LogP contribution in [-0.4, -0.2) is 23.5 Å². The molecule has 0 amide bonds. The van der Waals surface area contributed by atoms with Gasteiger partial charge < -0.3 is 10.1 Å². The molecule has 1 N–H and O–H groups in total. The van der Waals surface area contributed by atoms with Gasteiger partial charge in [-0.05, 0) is 11.4 Å². The van der Waals surface area contributed by atoms with Crippen LogP contribution in [0.5, 0.6) is 0 Å². The summed E-state index contributed by atoms with van der Waals surface area (Å²) in [4.78, 5) is 1.32. The van der Waals surface area contributed by atoms with Gasteiger partial charge in [0.1, 0.15) is 0 Å². The Labute approximate surface area is 98.9 Å². The number of rotatable bonds is 6. The Morgan fingerprint density at radius 1 is 1.56 bits per heavy atom. The Bertz CT molecular complexity index is 411. The molecule has 16 heavy (non-hydrogen) atoms. The number of aromatic nitrogens is 2. The van der Waals surface area contributed by atoms with Crippen LogP contribution >= 0.6 is 11.3 Å². The van der Waals surface area contributed by atoms with Gasteiger partial charge in [0.25, 0.3) is 0 Å². The van der Waals surface area contributed by atoms with Gasteiger partial charge in [-0.3, -0.25) is 4.68 Å². The second-order valence-electron chi connectivity index (χ2n) is 3.42. The summed E-state index contributed by atoms with van der Waals surface area (Å²) in [5, 5.41) is 9.64. The first-order valence-electron chi connectivity index (χ1n) is 5.16. The van der Waals surface area contributed by atoms with Crippen LogP contribution in [0.15, 0.2) is 29.9 Å². The summed E-state index contributed by atoms with van der Waals surface area (Å²) in [6.07, 6.45) is 3.83. The molecular weight excluding hydrogens is 222 g/mol. The summed E-state index contributed by atoms with van der Waals surface area (Å²) in [5.74, 6) is 0. The van der Waals surface area contributed by atoms with Crippen molar-refractivity contribution in [2.24, 2.45) is 0 Å². The van der Waals surface area contributed by atoms with E-state index in [0.717, 1.165) is 18.8 Å². The van der Waals surface area contributed by atoms with E-state index in [2.05, 4.69) is 27.9 Å². The van der Waals surface area contributed by atoms with E-state index in [1.54, 1.807) is 18.4 Å². The van der Waals surface area contributed by atoms with Gasteiger partial charge in [-0.15, -0.1) is 11.3 Å². The van der Waals surface area contributed by atoms with Crippen molar-refractivity contribution < 1.29 is 4.74 Å². The molecule has 0 aromatic carbocycles. The molecule has 4 nitrogen and oxygen atoms in total. The van der Waals surface area contributed by atoms with E-state index >= 15 is 0 Å². The van der Waals surface area contributed by atoms with Crippen molar-refractivity contribution in [2.45, 2.75) is 13.1 Å². The van der Waals surface area contributed by atoms with Crippen LogP contribution in [0.25, 0.3) is 0 Å². The lowest BCUT2D eigenvalue weighted by molar-refractivity contribution is 0.183. The topological polar surface area (TPSA) is 39.1 Å². The van der Waals surface area contributed by atoms with Crippen molar-refractivity contribution in [1.29, 1.82) is 0 Å². The Balaban J connectivity index is 1.83. The molecule has 0 saturated carbocycles. The average Bonchev–Trinajstić information content (AvgIpc) is 2.95. The number of hydrogen-bond acceptors (Lipinski definition) is 4. The van der Waals surface area contributed by atoms with Gasteiger partial charge in [0.15, 0.2) is 0 Å². The average molecular weight is 237 g/mol. The molecule has 0 saturated heterocycles. The van der Waals surface area contributed by atoms with E-state index in [0.29, 0.717) is 6.61 Å².